The topological polar surface area (TPSA) is 69.7 Å². The quantitative estimate of drug-likeness (QED) is 0.519. The van der Waals surface area contributed by atoms with Gasteiger partial charge in [0.1, 0.15) is 5.71 Å². The van der Waals surface area contributed by atoms with Crippen molar-refractivity contribution in [2.75, 3.05) is 0 Å². The average Bonchev–Trinajstić information content (AvgIpc) is 2.27. The van der Waals surface area contributed by atoms with E-state index in [1.54, 1.807) is 0 Å². The molecule has 0 aromatic carbocycles. The SMILES string of the molecule is OC1=NC2=NC(=S)N=CC2=N1. The maximum absolute atomic E-state index is 8.82. The average molecular weight is 166 g/mol. The fourth-order valence-electron chi connectivity index (χ4n) is 0.739. The van der Waals surface area contributed by atoms with Crippen molar-refractivity contribution in [3.8, 4) is 0 Å². The van der Waals surface area contributed by atoms with E-state index in [-0.39, 0.29) is 11.1 Å². The molecule has 0 unspecified atom stereocenters. The number of amidine groups is 2. The molecule has 6 heteroatoms. The van der Waals surface area contributed by atoms with E-state index >= 15 is 0 Å². The minimum atomic E-state index is -0.296. The Morgan fingerprint density at radius 3 is 2.91 bits per heavy atom. The van der Waals surface area contributed by atoms with Crippen LogP contribution in [0.3, 0.4) is 0 Å². The molecule has 0 aromatic rings. The molecule has 54 valence electrons. The summed E-state index contributed by atoms with van der Waals surface area (Å²) in [7, 11) is 0. The zero-order valence-corrected chi connectivity index (χ0v) is 6.04. The maximum atomic E-state index is 8.82. The highest BCUT2D eigenvalue weighted by Gasteiger charge is 2.18. The van der Waals surface area contributed by atoms with Gasteiger partial charge in [0, 0.05) is 0 Å². The molecule has 0 radical (unpaired) electrons. The summed E-state index contributed by atoms with van der Waals surface area (Å²) < 4.78 is 0. The van der Waals surface area contributed by atoms with Crippen molar-refractivity contribution in [3.63, 3.8) is 0 Å². The molecule has 5 nitrogen and oxygen atoms in total. The van der Waals surface area contributed by atoms with Crippen LogP contribution in [0, 0.1) is 0 Å². The summed E-state index contributed by atoms with van der Waals surface area (Å²) in [6.45, 7) is 0. The lowest BCUT2D eigenvalue weighted by Crippen LogP contribution is -2.15. The summed E-state index contributed by atoms with van der Waals surface area (Å²) in [5.41, 5.74) is 0.455. The molecule has 0 atom stereocenters. The Balaban J connectivity index is 2.50. The van der Waals surface area contributed by atoms with E-state index in [4.69, 9.17) is 5.11 Å². The molecular formula is C5H2N4OS. The maximum Gasteiger partial charge on any atom is 0.316 e. The molecule has 2 heterocycles. The second-order valence-corrected chi connectivity index (χ2v) is 2.25. The van der Waals surface area contributed by atoms with Crippen LogP contribution in [0.25, 0.3) is 0 Å². The molecule has 0 saturated heterocycles. The first-order valence-corrected chi connectivity index (χ1v) is 3.20. The van der Waals surface area contributed by atoms with E-state index in [2.05, 4.69) is 32.2 Å². The normalized spacial score (nSPS) is 20.7. The molecule has 2 aliphatic heterocycles. The fourth-order valence-corrected chi connectivity index (χ4v) is 0.879. The van der Waals surface area contributed by atoms with Crippen molar-refractivity contribution >= 4 is 41.1 Å². The van der Waals surface area contributed by atoms with Crippen LogP contribution in [0.1, 0.15) is 0 Å². The Kier molecular flexibility index (Phi) is 1.16. The van der Waals surface area contributed by atoms with Crippen molar-refractivity contribution in [2.45, 2.75) is 0 Å². The Labute approximate surface area is 66.9 Å². The second kappa shape index (κ2) is 2.03. The first-order chi connectivity index (χ1) is 5.25. The van der Waals surface area contributed by atoms with Gasteiger partial charge in [-0.15, -0.1) is 0 Å². The van der Waals surface area contributed by atoms with Crippen molar-refractivity contribution in [1.29, 1.82) is 0 Å². The number of hydrogen-bond acceptors (Lipinski definition) is 3. The molecule has 0 fully saturated rings. The summed E-state index contributed by atoms with van der Waals surface area (Å²) in [6.07, 6.45) is 1.43. The Morgan fingerprint density at radius 1 is 1.27 bits per heavy atom. The van der Waals surface area contributed by atoms with E-state index in [1.165, 1.54) is 6.21 Å². The van der Waals surface area contributed by atoms with Gasteiger partial charge in [-0.1, -0.05) is 0 Å². The number of aliphatic hydroxyl groups excluding tert-OH is 1. The molecule has 0 spiro atoms. The fraction of sp³-hybridized carbons (Fsp3) is 0. The van der Waals surface area contributed by atoms with Crippen LogP contribution in [-0.4, -0.2) is 34.0 Å². The molecule has 0 saturated carbocycles. The van der Waals surface area contributed by atoms with Crippen LogP contribution in [0.5, 0.6) is 0 Å². The summed E-state index contributed by atoms with van der Waals surface area (Å²) in [5, 5.41) is 9.03. The van der Waals surface area contributed by atoms with Crippen molar-refractivity contribution in [1.82, 2.24) is 0 Å². The van der Waals surface area contributed by atoms with Crippen molar-refractivity contribution in [2.24, 2.45) is 20.0 Å². The number of hydrogen-bond donors (Lipinski definition) is 1. The molecule has 1 N–H and O–H groups in total. The molecule has 0 aromatic heterocycles. The number of nitrogens with zero attached hydrogens (tertiary/aromatic N) is 4. The van der Waals surface area contributed by atoms with Crippen LogP contribution in [-0.2, 0) is 0 Å². The monoisotopic (exact) mass is 166 g/mol. The Hall–Kier alpha value is -1.43. The van der Waals surface area contributed by atoms with Gasteiger partial charge in [0.15, 0.2) is 5.84 Å². The zero-order chi connectivity index (χ0) is 7.84. The van der Waals surface area contributed by atoms with Crippen LogP contribution in [0.4, 0.5) is 0 Å². The standard InChI is InChI=1S/C5H2N4OS/c10-4-7-2-1-6-5(11)9-3(2)8-4/h1H,(H,8,9,10,11). The molecule has 0 aliphatic carbocycles. The third kappa shape index (κ3) is 0.966. The van der Waals surface area contributed by atoms with Gasteiger partial charge in [0.25, 0.3) is 0 Å². The third-order valence-electron chi connectivity index (χ3n) is 1.15. The first kappa shape index (κ1) is 6.29. The summed E-state index contributed by atoms with van der Waals surface area (Å²) in [6, 6.07) is -0.296. The van der Waals surface area contributed by atoms with Gasteiger partial charge < -0.3 is 5.11 Å². The minimum absolute atomic E-state index is 0.206. The van der Waals surface area contributed by atoms with E-state index < -0.39 is 0 Å². The minimum Gasteiger partial charge on any atom is -0.479 e. The van der Waals surface area contributed by atoms with E-state index in [9.17, 15) is 0 Å². The molecule has 11 heavy (non-hydrogen) atoms. The highest BCUT2D eigenvalue weighted by atomic mass is 32.1. The van der Waals surface area contributed by atoms with Gasteiger partial charge in [-0.2, -0.15) is 15.0 Å². The smallest absolute Gasteiger partial charge is 0.316 e. The Morgan fingerprint density at radius 2 is 2.09 bits per heavy atom. The number of rotatable bonds is 0. The van der Waals surface area contributed by atoms with Crippen LogP contribution >= 0.6 is 12.2 Å². The summed E-state index contributed by atoms with van der Waals surface area (Å²) in [5.74, 6) is 0.336. The Bertz CT molecular complexity index is 351. The highest BCUT2D eigenvalue weighted by molar-refractivity contribution is 7.80. The van der Waals surface area contributed by atoms with E-state index in [0.29, 0.717) is 11.5 Å². The summed E-state index contributed by atoms with van der Waals surface area (Å²) in [4.78, 5) is 14.7. The number of aliphatic imine (C=N–C) groups is 4. The molecular weight excluding hydrogens is 164 g/mol. The second-order valence-electron chi connectivity index (χ2n) is 1.89. The summed E-state index contributed by atoms with van der Waals surface area (Å²) >= 11 is 4.68. The lowest BCUT2D eigenvalue weighted by molar-refractivity contribution is 0.547. The molecule has 0 amide bonds. The lowest BCUT2D eigenvalue weighted by atomic mass is 10.3. The van der Waals surface area contributed by atoms with Gasteiger partial charge >= 0.3 is 6.02 Å². The van der Waals surface area contributed by atoms with Gasteiger partial charge in [-0.25, -0.2) is 4.99 Å². The van der Waals surface area contributed by atoms with Crippen LogP contribution in [0.2, 0.25) is 0 Å². The van der Waals surface area contributed by atoms with Crippen LogP contribution < -0.4 is 0 Å². The highest BCUT2D eigenvalue weighted by Crippen LogP contribution is 2.02. The predicted octanol–water partition coefficient (Wildman–Crippen LogP) is 0.123. The van der Waals surface area contributed by atoms with Gasteiger partial charge in [0.05, 0.1) is 6.21 Å². The zero-order valence-electron chi connectivity index (χ0n) is 5.22. The molecule has 2 aliphatic rings. The predicted molar refractivity (Wildman–Crippen MR) is 46.0 cm³/mol. The number of thiocarbonyl (C=S) groups is 1. The number of fused-ring (bicyclic) bond motifs is 1. The molecule has 2 rings (SSSR count). The van der Waals surface area contributed by atoms with Gasteiger partial charge in [-0.3, -0.25) is 0 Å². The van der Waals surface area contributed by atoms with Crippen LogP contribution in [0.15, 0.2) is 20.0 Å². The first-order valence-electron chi connectivity index (χ1n) is 2.79. The largest absolute Gasteiger partial charge is 0.479 e. The third-order valence-corrected chi connectivity index (χ3v) is 1.35. The van der Waals surface area contributed by atoms with Crippen molar-refractivity contribution < 1.29 is 5.11 Å². The van der Waals surface area contributed by atoms with E-state index in [1.807, 2.05) is 0 Å². The number of aliphatic hydroxyl groups is 1. The van der Waals surface area contributed by atoms with Crippen molar-refractivity contribution in [3.05, 3.63) is 0 Å². The molecule has 0 bridgehead atoms. The van der Waals surface area contributed by atoms with E-state index in [0.717, 1.165) is 0 Å². The van der Waals surface area contributed by atoms with Gasteiger partial charge in [0.2, 0.25) is 5.11 Å². The van der Waals surface area contributed by atoms with Gasteiger partial charge in [-0.05, 0) is 12.2 Å². The lowest BCUT2D eigenvalue weighted by Gasteiger charge is -1.97.